The van der Waals surface area contributed by atoms with Crippen molar-refractivity contribution >= 4 is 0 Å². The summed E-state index contributed by atoms with van der Waals surface area (Å²) in [6.07, 6.45) is 4.12. The fourth-order valence-electron chi connectivity index (χ4n) is 4.44. The Morgan fingerprint density at radius 2 is 1.62 bits per heavy atom. The second-order valence-electron chi connectivity index (χ2n) is 8.95. The molecule has 1 N–H and O–H groups in total. The molecule has 0 atom stereocenters. The lowest BCUT2D eigenvalue weighted by atomic mass is 9.79. The molecule has 4 nitrogen and oxygen atoms in total. The Bertz CT molecular complexity index is 708. The lowest BCUT2D eigenvalue weighted by Gasteiger charge is -2.49. The molecule has 0 aliphatic carbocycles. The van der Waals surface area contributed by atoms with E-state index in [2.05, 4.69) is 80.2 Å². The first-order chi connectivity index (χ1) is 12.2. The fraction of sp³-hybridized carbons (Fsp3) is 0.545. The van der Waals surface area contributed by atoms with Gasteiger partial charge in [-0.2, -0.15) is 0 Å². The van der Waals surface area contributed by atoms with E-state index in [9.17, 15) is 0 Å². The van der Waals surface area contributed by atoms with Crippen molar-refractivity contribution in [1.29, 1.82) is 0 Å². The second kappa shape index (κ2) is 7.45. The molecule has 0 unspecified atom stereocenters. The third kappa shape index (κ3) is 5.12. The predicted molar refractivity (Wildman–Crippen MR) is 107 cm³/mol. The van der Waals surface area contributed by atoms with E-state index < -0.39 is 0 Å². The first-order valence-electron chi connectivity index (χ1n) is 9.58. The van der Waals surface area contributed by atoms with Crippen LogP contribution in [-0.2, 0) is 13.1 Å². The van der Waals surface area contributed by atoms with Gasteiger partial charge in [-0.15, -0.1) is 0 Å². The molecule has 2 aromatic heterocycles. The highest BCUT2D eigenvalue weighted by Gasteiger charge is 2.40. The van der Waals surface area contributed by atoms with E-state index >= 15 is 0 Å². The molecule has 1 saturated heterocycles. The summed E-state index contributed by atoms with van der Waals surface area (Å²) in [5.41, 5.74) is 3.57. The maximum Gasteiger partial charge on any atom is 0.0547 e. The number of hydrogen-bond donors (Lipinski definition) is 1. The van der Waals surface area contributed by atoms with Gasteiger partial charge in [0.2, 0.25) is 0 Å². The summed E-state index contributed by atoms with van der Waals surface area (Å²) in [5.74, 6) is 0. The van der Waals surface area contributed by atoms with Gasteiger partial charge >= 0.3 is 0 Å². The third-order valence-corrected chi connectivity index (χ3v) is 5.09. The van der Waals surface area contributed by atoms with Crippen molar-refractivity contribution in [3.05, 3.63) is 59.7 Å². The maximum absolute atomic E-state index is 4.74. The lowest BCUT2D eigenvalue weighted by molar-refractivity contribution is 0.0548. The number of aromatic nitrogens is 2. The quantitative estimate of drug-likeness (QED) is 0.880. The smallest absolute Gasteiger partial charge is 0.0547 e. The molecular formula is C22H32N4. The van der Waals surface area contributed by atoms with Crippen LogP contribution in [0.4, 0.5) is 0 Å². The van der Waals surface area contributed by atoms with Gasteiger partial charge in [-0.3, -0.25) is 14.9 Å². The van der Waals surface area contributed by atoms with Gasteiger partial charge in [-0.1, -0.05) is 12.1 Å². The van der Waals surface area contributed by atoms with Gasteiger partial charge in [0.1, 0.15) is 0 Å². The summed E-state index contributed by atoms with van der Waals surface area (Å²) in [4.78, 5) is 11.9. The summed E-state index contributed by atoms with van der Waals surface area (Å²) < 4.78 is 0. The molecule has 0 radical (unpaired) electrons. The minimum atomic E-state index is 0.120. The van der Waals surface area contributed by atoms with Crippen LogP contribution in [0.25, 0.3) is 0 Å². The molecule has 0 bridgehead atoms. The second-order valence-corrected chi connectivity index (χ2v) is 8.95. The van der Waals surface area contributed by atoms with Crippen LogP contribution in [0.5, 0.6) is 0 Å². The van der Waals surface area contributed by atoms with E-state index in [4.69, 9.17) is 4.98 Å². The molecule has 3 rings (SSSR count). The number of pyridine rings is 2. The molecule has 1 aliphatic heterocycles. The molecule has 1 fully saturated rings. The molecule has 4 heteroatoms. The molecule has 26 heavy (non-hydrogen) atoms. The van der Waals surface area contributed by atoms with Gasteiger partial charge in [0.25, 0.3) is 0 Å². The highest BCUT2D eigenvalue weighted by atomic mass is 15.2. The number of nitrogens with one attached hydrogen (secondary N) is 1. The lowest BCUT2D eigenvalue weighted by Crippen LogP contribution is -2.62. The van der Waals surface area contributed by atoms with Crippen LogP contribution in [0.2, 0.25) is 0 Å². The zero-order chi connectivity index (χ0) is 18.8. The van der Waals surface area contributed by atoms with E-state index in [1.807, 2.05) is 12.3 Å². The Hall–Kier alpha value is -1.78. The van der Waals surface area contributed by atoms with E-state index in [0.29, 0.717) is 6.04 Å². The Balaban J connectivity index is 1.86. The molecule has 0 aromatic carbocycles. The Kier molecular flexibility index (Phi) is 5.44. The summed E-state index contributed by atoms with van der Waals surface area (Å²) >= 11 is 0. The standard InChI is InChI=1S/C22H32N4/c1-17-9-8-11-19(24-17)16-26(15-18-10-6-7-12-23-18)20-13-21(2,3)25-22(4,5)14-20/h6-12,20,25H,13-16H2,1-5H3. The topological polar surface area (TPSA) is 41.1 Å². The molecule has 140 valence electrons. The number of aryl methyl sites for hydroxylation is 1. The van der Waals surface area contributed by atoms with Gasteiger partial charge in [0.05, 0.1) is 11.4 Å². The molecular weight excluding hydrogens is 320 g/mol. The summed E-state index contributed by atoms with van der Waals surface area (Å²) in [6.45, 7) is 13.0. The summed E-state index contributed by atoms with van der Waals surface area (Å²) in [5, 5.41) is 3.80. The third-order valence-electron chi connectivity index (χ3n) is 5.09. The molecule has 0 spiro atoms. The van der Waals surface area contributed by atoms with Crippen LogP contribution in [-0.4, -0.2) is 32.0 Å². The maximum atomic E-state index is 4.74. The van der Waals surface area contributed by atoms with Gasteiger partial charge < -0.3 is 5.32 Å². The zero-order valence-corrected chi connectivity index (χ0v) is 16.8. The van der Waals surface area contributed by atoms with Crippen LogP contribution < -0.4 is 5.32 Å². The molecule has 3 heterocycles. The molecule has 2 aromatic rings. The van der Waals surface area contributed by atoms with E-state index in [-0.39, 0.29) is 11.1 Å². The largest absolute Gasteiger partial charge is 0.307 e. The monoisotopic (exact) mass is 352 g/mol. The average Bonchev–Trinajstić information content (AvgIpc) is 2.52. The van der Waals surface area contributed by atoms with E-state index in [1.54, 1.807) is 0 Å². The summed E-state index contributed by atoms with van der Waals surface area (Å²) in [7, 11) is 0. The normalized spacial score (nSPS) is 19.6. The van der Waals surface area contributed by atoms with Crippen molar-refractivity contribution in [2.75, 3.05) is 0 Å². The Morgan fingerprint density at radius 3 is 2.23 bits per heavy atom. The van der Waals surface area contributed by atoms with Crippen molar-refractivity contribution in [3.63, 3.8) is 0 Å². The van der Waals surface area contributed by atoms with Crippen molar-refractivity contribution < 1.29 is 0 Å². The van der Waals surface area contributed by atoms with Crippen LogP contribution in [0.3, 0.4) is 0 Å². The first-order valence-corrected chi connectivity index (χ1v) is 9.58. The Labute approximate surface area is 158 Å². The number of nitrogens with zero attached hydrogens (tertiary/aromatic N) is 3. The van der Waals surface area contributed by atoms with Crippen molar-refractivity contribution in [2.45, 2.75) is 77.7 Å². The van der Waals surface area contributed by atoms with Gasteiger partial charge in [0, 0.05) is 42.1 Å². The van der Waals surface area contributed by atoms with Gasteiger partial charge in [-0.05, 0) is 71.7 Å². The van der Waals surface area contributed by atoms with E-state index in [0.717, 1.165) is 43.0 Å². The van der Waals surface area contributed by atoms with Crippen molar-refractivity contribution in [3.8, 4) is 0 Å². The van der Waals surface area contributed by atoms with Crippen LogP contribution in [0.1, 0.15) is 57.6 Å². The van der Waals surface area contributed by atoms with E-state index in [1.165, 1.54) is 0 Å². The van der Waals surface area contributed by atoms with Crippen LogP contribution >= 0.6 is 0 Å². The number of rotatable bonds is 5. The fourth-order valence-corrected chi connectivity index (χ4v) is 4.44. The average molecular weight is 353 g/mol. The Morgan fingerprint density at radius 1 is 0.962 bits per heavy atom. The van der Waals surface area contributed by atoms with Gasteiger partial charge in [0.15, 0.2) is 0 Å². The number of piperidine rings is 1. The SMILES string of the molecule is Cc1cccc(CN(Cc2ccccn2)C2CC(C)(C)NC(C)(C)C2)n1. The molecule has 0 saturated carbocycles. The van der Waals surface area contributed by atoms with Crippen LogP contribution in [0.15, 0.2) is 42.6 Å². The van der Waals surface area contributed by atoms with Crippen molar-refractivity contribution in [2.24, 2.45) is 0 Å². The first kappa shape index (κ1) is 19.0. The number of hydrogen-bond acceptors (Lipinski definition) is 4. The molecule has 0 amide bonds. The minimum absolute atomic E-state index is 0.120. The summed E-state index contributed by atoms with van der Waals surface area (Å²) in [6, 6.07) is 13.0. The highest BCUT2D eigenvalue weighted by Crippen LogP contribution is 2.32. The minimum Gasteiger partial charge on any atom is -0.307 e. The van der Waals surface area contributed by atoms with Gasteiger partial charge in [-0.25, -0.2) is 0 Å². The predicted octanol–water partition coefficient (Wildman–Crippen LogP) is 4.10. The van der Waals surface area contributed by atoms with Crippen LogP contribution in [0, 0.1) is 6.92 Å². The van der Waals surface area contributed by atoms with Crippen molar-refractivity contribution in [1.82, 2.24) is 20.2 Å². The molecule has 1 aliphatic rings. The highest BCUT2D eigenvalue weighted by molar-refractivity contribution is 5.12. The zero-order valence-electron chi connectivity index (χ0n) is 16.8.